The Balaban J connectivity index is 0. The van der Waals surface area contributed by atoms with Gasteiger partial charge in [-0.05, 0) is 11.0 Å². The van der Waals surface area contributed by atoms with Crippen molar-refractivity contribution in [3.8, 4) is 5.75 Å². The number of quaternary nitrogens is 1. The molecule has 0 aromatic carbocycles. The van der Waals surface area contributed by atoms with Crippen molar-refractivity contribution in [1.29, 1.82) is 0 Å². The Hall–Kier alpha value is 0.147. The van der Waals surface area contributed by atoms with Crippen LogP contribution in [0.5, 0.6) is 0 Å². The molecule has 0 amide bonds. The van der Waals surface area contributed by atoms with Crippen LogP contribution in [0.1, 0.15) is 0 Å². The summed E-state index contributed by atoms with van der Waals surface area (Å²) in [6.07, 6.45) is 0. The summed E-state index contributed by atoms with van der Waals surface area (Å²) < 4.78 is 10.3. The van der Waals surface area contributed by atoms with E-state index in [1.807, 2.05) is 14.1 Å². The second kappa shape index (κ2) is 5.90. The fourth-order valence-corrected chi connectivity index (χ4v) is 0.732. The van der Waals surface area contributed by atoms with Crippen molar-refractivity contribution in [1.82, 2.24) is 0 Å². The van der Waals surface area contributed by atoms with Crippen molar-refractivity contribution in [3.63, 3.8) is 0 Å². The number of hydrogen-bond donors (Lipinski definition) is 1. The average Bonchev–Trinajstić information content (AvgIpc) is 1.64. The van der Waals surface area contributed by atoms with Gasteiger partial charge in [0.05, 0.1) is 0 Å². The van der Waals surface area contributed by atoms with E-state index in [-0.39, 0.29) is 25.5 Å². The largest absolute Gasteiger partial charge is 0.0149 e. The molecule has 0 atom stereocenters. The van der Waals surface area contributed by atoms with Gasteiger partial charge in [-0.3, -0.25) is 0 Å². The molecule has 0 rings (SSSR count). The molecule has 0 aliphatic heterocycles. The maximum Gasteiger partial charge on any atom is -0.0149 e. The molecule has 0 aromatic heterocycles. The van der Waals surface area contributed by atoms with Crippen LogP contribution in [0.4, 0.5) is 0 Å². The van der Waals surface area contributed by atoms with Crippen molar-refractivity contribution < 1.29 is 14.2 Å². The zero-order chi connectivity index (χ0) is 7.33. The molecule has 0 bridgehead atoms. The molecule has 0 saturated carbocycles. The van der Waals surface area contributed by atoms with E-state index in [1.54, 1.807) is 0 Å². The molecule has 10 heavy (non-hydrogen) atoms. The summed E-state index contributed by atoms with van der Waals surface area (Å²) in [5, 5.41) is 8.47. The fourth-order valence-electron chi connectivity index (χ4n) is 0.411. The summed E-state index contributed by atoms with van der Waals surface area (Å²) in [6, 6.07) is 0. The van der Waals surface area contributed by atoms with Gasteiger partial charge in [-0.25, -0.2) is 0 Å². The van der Waals surface area contributed by atoms with Crippen LogP contribution in [0, 0.1) is 5.75 Å². The number of hydrogen-bond acceptors (Lipinski definition) is 2. The van der Waals surface area contributed by atoms with Gasteiger partial charge in [-0.15, -0.1) is 0 Å². The van der Waals surface area contributed by atoms with Gasteiger partial charge >= 0.3 is 55.1 Å². The van der Waals surface area contributed by atoms with E-state index in [1.165, 1.54) is 0 Å². The Morgan fingerprint density at radius 3 is 2.40 bits per heavy atom. The van der Waals surface area contributed by atoms with Gasteiger partial charge in [0.2, 0.25) is 0 Å². The number of nitrogens with zero attached hydrogens (tertiary/aromatic N) is 1. The minimum Gasteiger partial charge on any atom is -0.0149 e. The summed E-state index contributed by atoms with van der Waals surface area (Å²) in [5.41, 5.74) is 0. The monoisotopic (exact) mass is 180 g/mol. The summed E-state index contributed by atoms with van der Waals surface area (Å²) in [4.78, 5) is 0. The Kier molecular flexibility index (Phi) is 7.54. The Labute approximate surface area is 66.8 Å². The van der Waals surface area contributed by atoms with E-state index in [4.69, 9.17) is 5.11 Å². The maximum atomic E-state index is 9.98. The van der Waals surface area contributed by atoms with E-state index in [2.05, 4.69) is 5.75 Å². The minimum atomic E-state index is -0.105. The van der Waals surface area contributed by atoms with Crippen molar-refractivity contribution in [2.75, 3.05) is 27.2 Å². The molecular weight excluding hydrogens is 165 g/mol. The van der Waals surface area contributed by atoms with E-state index in [0.717, 1.165) is 0 Å². The summed E-state index contributed by atoms with van der Waals surface area (Å²) in [7, 11) is 3.54. The van der Waals surface area contributed by atoms with E-state index in [0.29, 0.717) is 11.0 Å². The summed E-state index contributed by atoms with van der Waals surface area (Å²) in [5.74, 6) is 2.62. The molecular formula is C5H15NO2PSi+. The van der Waals surface area contributed by atoms with Crippen LogP contribution in [-0.4, -0.2) is 47.8 Å². The van der Waals surface area contributed by atoms with Gasteiger partial charge in [-0.2, -0.15) is 0 Å². The Morgan fingerprint density at radius 2 is 2.10 bits per heavy atom. The van der Waals surface area contributed by atoms with Crippen molar-refractivity contribution in [2.24, 2.45) is 0 Å². The number of aliphatic hydroxyl groups excluding tert-OH is 1. The van der Waals surface area contributed by atoms with Crippen LogP contribution in [0.25, 0.3) is 0 Å². The number of likely N-dealkylation sites (N-methyl/N-ethyl adjacent to an activating group) is 1. The van der Waals surface area contributed by atoms with Gasteiger partial charge in [0, 0.05) is 0 Å². The number of aliphatic hydroxyl groups is 1. The summed E-state index contributed by atoms with van der Waals surface area (Å²) in [6.45, 7) is 0.644. The van der Waals surface area contributed by atoms with E-state index in [9.17, 15) is 4.57 Å². The first kappa shape index (κ1) is 12.8. The van der Waals surface area contributed by atoms with Gasteiger partial charge in [0.1, 0.15) is 0 Å². The molecule has 0 fully saturated rings. The van der Waals surface area contributed by atoms with Crippen LogP contribution < -0.4 is 0 Å². The molecule has 0 aliphatic rings. The third kappa shape index (κ3) is 6.27. The maximum absolute atomic E-state index is 9.98. The molecule has 1 N–H and O–H groups in total. The molecule has 0 saturated heterocycles. The minimum absolute atomic E-state index is 0. The van der Waals surface area contributed by atoms with Crippen LogP contribution in [0.3, 0.4) is 0 Å². The molecule has 0 radical (unpaired) electrons. The second-order valence-corrected chi connectivity index (χ2v) is 2.71. The molecule has 0 unspecified atom stereocenters. The first-order valence-electron chi connectivity index (χ1n) is 2.66. The molecule has 0 aromatic rings. The smallest absolute Gasteiger partial charge is 0.0149 e. The zero-order valence-electron chi connectivity index (χ0n) is 5.66. The van der Waals surface area contributed by atoms with Crippen molar-refractivity contribution in [2.45, 2.75) is 0 Å². The predicted molar refractivity (Wildman–Crippen MR) is 46.9 cm³/mol. The van der Waals surface area contributed by atoms with Crippen LogP contribution in [-0.2, 0) is 4.57 Å². The van der Waals surface area contributed by atoms with Crippen molar-refractivity contribution >= 4 is 18.9 Å². The van der Waals surface area contributed by atoms with Crippen LogP contribution >= 0.6 is 7.92 Å². The molecule has 5 heteroatoms. The molecule has 0 spiro atoms. The topological polar surface area (TPSA) is 37.3 Å². The Morgan fingerprint density at radius 1 is 1.60 bits per heavy atom. The first-order valence-corrected chi connectivity index (χ1v) is 3.47. The van der Waals surface area contributed by atoms with Crippen LogP contribution in [0.2, 0.25) is 0 Å². The third-order valence-corrected chi connectivity index (χ3v) is 1.59. The van der Waals surface area contributed by atoms with Gasteiger partial charge in [0.15, 0.2) is 0 Å². The first-order chi connectivity index (χ1) is 4.12. The molecule has 0 aliphatic carbocycles. The second-order valence-electron chi connectivity index (χ2n) is 2.32. The zero-order valence-corrected chi connectivity index (χ0v) is 6.56. The SMILES string of the molecule is C[N+](C)(C#P=O)CCO.[SiH4]. The number of rotatable bonds is 2. The van der Waals surface area contributed by atoms with Crippen LogP contribution in [0.15, 0.2) is 0 Å². The van der Waals surface area contributed by atoms with Gasteiger partial charge in [-0.1, -0.05) is 0 Å². The quantitative estimate of drug-likeness (QED) is 0.330. The van der Waals surface area contributed by atoms with Gasteiger partial charge in [0.25, 0.3) is 0 Å². The van der Waals surface area contributed by atoms with E-state index >= 15 is 0 Å². The normalized spacial score (nSPS) is 9.50. The molecule has 3 nitrogen and oxygen atoms in total. The molecule has 0 heterocycles. The Bertz CT molecular complexity index is 175. The average molecular weight is 180 g/mol. The molecule has 60 valence electrons. The van der Waals surface area contributed by atoms with E-state index < -0.39 is 0 Å². The van der Waals surface area contributed by atoms with Gasteiger partial charge < -0.3 is 0 Å². The fraction of sp³-hybridized carbons (Fsp3) is 0.800. The van der Waals surface area contributed by atoms with Crippen molar-refractivity contribution in [3.05, 3.63) is 0 Å². The summed E-state index contributed by atoms with van der Waals surface area (Å²) >= 11 is 0. The standard InChI is InChI=1S/C5H11NO2P.H4Si/c1-6(2,3-4-7)5-9-8;/h7H,3-4H2,1-2H3;1H4/q+1;. The third-order valence-electron chi connectivity index (χ3n) is 0.971. The predicted octanol–water partition coefficient (Wildman–Crippen LogP) is -1.19.